The zero-order chi connectivity index (χ0) is 18.8. The minimum Gasteiger partial charge on any atom is -0.497 e. The van der Waals surface area contributed by atoms with Gasteiger partial charge in [-0.2, -0.15) is 0 Å². The Balaban J connectivity index is 1.50. The highest BCUT2D eigenvalue weighted by Crippen LogP contribution is 2.25. The molecule has 7 nitrogen and oxygen atoms in total. The Kier molecular flexibility index (Phi) is 4.85. The molecule has 1 saturated heterocycles. The van der Waals surface area contributed by atoms with E-state index in [0.717, 1.165) is 30.7 Å². The first-order valence-corrected chi connectivity index (χ1v) is 9.22. The summed E-state index contributed by atoms with van der Waals surface area (Å²) in [5, 5.41) is 12.1. The molecular formula is C19H20ClN5O2. The first kappa shape index (κ1) is 17.6. The van der Waals surface area contributed by atoms with Crippen LogP contribution in [0.2, 0.25) is 5.02 Å². The number of amides is 1. The minimum absolute atomic E-state index is 0.000179. The zero-order valence-corrected chi connectivity index (χ0v) is 15.7. The highest BCUT2D eigenvalue weighted by molar-refractivity contribution is 6.30. The maximum atomic E-state index is 12.8. The van der Waals surface area contributed by atoms with Gasteiger partial charge in [0.25, 0.3) is 0 Å². The standard InChI is InChI=1S/C19H20ClN5O2/c1-27-16-6-2-5-15(10-16)21-18(26)13-4-3-9-24(11-13)19-23-22-17-8-7-14(20)12-25(17)19/h2,5-8,10,12-13H,3-4,9,11H2,1H3,(H,21,26)/t13-/m1/s1. The van der Waals surface area contributed by atoms with Crippen molar-refractivity contribution in [2.75, 3.05) is 30.4 Å². The number of nitrogens with one attached hydrogen (secondary N) is 1. The third kappa shape index (κ3) is 3.68. The molecule has 1 fully saturated rings. The number of hydrogen-bond donors (Lipinski definition) is 1. The Hall–Kier alpha value is -2.80. The van der Waals surface area contributed by atoms with Gasteiger partial charge in [-0.15, -0.1) is 10.2 Å². The van der Waals surface area contributed by atoms with Crippen molar-refractivity contribution >= 4 is 34.8 Å². The molecule has 1 atom stereocenters. The summed E-state index contributed by atoms with van der Waals surface area (Å²) < 4.78 is 7.08. The van der Waals surface area contributed by atoms with Crippen LogP contribution >= 0.6 is 11.6 Å². The Morgan fingerprint density at radius 2 is 2.19 bits per heavy atom. The van der Waals surface area contributed by atoms with E-state index in [9.17, 15) is 4.79 Å². The fourth-order valence-electron chi connectivity index (χ4n) is 3.39. The van der Waals surface area contributed by atoms with Crippen LogP contribution in [0.3, 0.4) is 0 Å². The SMILES string of the molecule is COc1cccc(NC(=O)[C@@H]2CCCN(c3nnc4ccc(Cl)cn34)C2)c1. The normalized spacial score (nSPS) is 17.1. The van der Waals surface area contributed by atoms with Crippen LogP contribution in [0.15, 0.2) is 42.6 Å². The number of aromatic nitrogens is 3. The second-order valence-corrected chi connectivity index (χ2v) is 7.02. The minimum atomic E-state index is -0.128. The lowest BCUT2D eigenvalue weighted by Gasteiger charge is -2.32. The Bertz CT molecular complexity index is 974. The van der Waals surface area contributed by atoms with Gasteiger partial charge in [0, 0.05) is 31.0 Å². The molecule has 0 bridgehead atoms. The molecule has 1 amide bonds. The summed E-state index contributed by atoms with van der Waals surface area (Å²) >= 11 is 6.11. The van der Waals surface area contributed by atoms with E-state index in [-0.39, 0.29) is 11.8 Å². The highest BCUT2D eigenvalue weighted by atomic mass is 35.5. The highest BCUT2D eigenvalue weighted by Gasteiger charge is 2.28. The lowest BCUT2D eigenvalue weighted by Crippen LogP contribution is -2.41. The topological polar surface area (TPSA) is 71.8 Å². The Labute approximate surface area is 161 Å². The maximum absolute atomic E-state index is 12.8. The fraction of sp³-hybridized carbons (Fsp3) is 0.316. The van der Waals surface area contributed by atoms with E-state index in [1.54, 1.807) is 19.4 Å². The van der Waals surface area contributed by atoms with Crippen LogP contribution in [0, 0.1) is 5.92 Å². The number of piperidine rings is 1. The van der Waals surface area contributed by atoms with Crippen LogP contribution in [0.5, 0.6) is 5.75 Å². The average molecular weight is 386 g/mol. The number of carbonyl (C=O) groups is 1. The number of hydrogen-bond acceptors (Lipinski definition) is 5. The summed E-state index contributed by atoms with van der Waals surface area (Å²) in [4.78, 5) is 14.9. The number of fused-ring (bicyclic) bond motifs is 1. The second-order valence-electron chi connectivity index (χ2n) is 6.58. The molecule has 2 aromatic heterocycles. The number of halogens is 1. The van der Waals surface area contributed by atoms with Crippen LogP contribution in [0.25, 0.3) is 5.65 Å². The number of carbonyl (C=O) groups excluding carboxylic acids is 1. The van der Waals surface area contributed by atoms with Crippen molar-refractivity contribution in [3.63, 3.8) is 0 Å². The predicted octanol–water partition coefficient (Wildman–Crippen LogP) is 3.25. The van der Waals surface area contributed by atoms with Crippen LogP contribution in [-0.4, -0.2) is 40.7 Å². The lowest BCUT2D eigenvalue weighted by molar-refractivity contribution is -0.120. The molecule has 140 valence electrons. The molecule has 1 aliphatic heterocycles. The summed E-state index contributed by atoms with van der Waals surface area (Å²) in [6.45, 7) is 1.42. The molecule has 1 aliphatic rings. The van der Waals surface area contributed by atoms with E-state index in [1.807, 2.05) is 34.7 Å². The number of anilines is 2. The van der Waals surface area contributed by atoms with E-state index in [4.69, 9.17) is 16.3 Å². The van der Waals surface area contributed by atoms with Gasteiger partial charge in [-0.25, -0.2) is 0 Å². The van der Waals surface area contributed by atoms with E-state index >= 15 is 0 Å². The number of ether oxygens (including phenoxy) is 1. The van der Waals surface area contributed by atoms with Crippen LogP contribution in [0.4, 0.5) is 11.6 Å². The van der Waals surface area contributed by atoms with Gasteiger partial charge in [-0.05, 0) is 37.1 Å². The molecule has 3 heterocycles. The smallest absolute Gasteiger partial charge is 0.231 e. The number of benzene rings is 1. The molecule has 8 heteroatoms. The van der Waals surface area contributed by atoms with Crippen molar-refractivity contribution in [3.05, 3.63) is 47.6 Å². The zero-order valence-electron chi connectivity index (χ0n) is 14.9. The molecule has 1 N–H and O–H groups in total. The fourth-order valence-corrected chi connectivity index (χ4v) is 3.55. The molecule has 0 radical (unpaired) electrons. The van der Waals surface area contributed by atoms with Crippen molar-refractivity contribution in [2.24, 2.45) is 5.92 Å². The third-order valence-electron chi connectivity index (χ3n) is 4.76. The van der Waals surface area contributed by atoms with Gasteiger partial charge in [0.2, 0.25) is 11.9 Å². The number of pyridine rings is 1. The predicted molar refractivity (Wildman–Crippen MR) is 105 cm³/mol. The first-order chi connectivity index (χ1) is 13.1. The van der Waals surface area contributed by atoms with Crippen LogP contribution in [-0.2, 0) is 4.79 Å². The third-order valence-corrected chi connectivity index (χ3v) is 4.98. The van der Waals surface area contributed by atoms with E-state index in [1.165, 1.54) is 0 Å². The van der Waals surface area contributed by atoms with Crippen molar-refractivity contribution < 1.29 is 9.53 Å². The first-order valence-electron chi connectivity index (χ1n) is 8.84. The monoisotopic (exact) mass is 385 g/mol. The maximum Gasteiger partial charge on any atom is 0.231 e. The number of nitrogens with zero attached hydrogens (tertiary/aromatic N) is 4. The molecule has 0 saturated carbocycles. The van der Waals surface area contributed by atoms with E-state index in [0.29, 0.717) is 23.3 Å². The lowest BCUT2D eigenvalue weighted by atomic mass is 9.97. The quantitative estimate of drug-likeness (QED) is 0.746. The Morgan fingerprint density at radius 1 is 1.30 bits per heavy atom. The Morgan fingerprint density at radius 3 is 3.04 bits per heavy atom. The molecule has 3 aromatic rings. The van der Waals surface area contributed by atoms with Crippen molar-refractivity contribution in [2.45, 2.75) is 12.8 Å². The molecular weight excluding hydrogens is 366 g/mol. The molecule has 0 aliphatic carbocycles. The van der Waals surface area contributed by atoms with Crippen LogP contribution in [0.1, 0.15) is 12.8 Å². The van der Waals surface area contributed by atoms with Gasteiger partial charge >= 0.3 is 0 Å². The van der Waals surface area contributed by atoms with E-state index < -0.39 is 0 Å². The summed E-state index contributed by atoms with van der Waals surface area (Å²) in [5.41, 5.74) is 1.47. The van der Waals surface area contributed by atoms with Crippen molar-refractivity contribution in [1.82, 2.24) is 14.6 Å². The van der Waals surface area contributed by atoms with Crippen LogP contribution < -0.4 is 15.0 Å². The van der Waals surface area contributed by atoms with Gasteiger partial charge in [0.1, 0.15) is 5.75 Å². The van der Waals surface area contributed by atoms with Crippen molar-refractivity contribution in [1.29, 1.82) is 0 Å². The van der Waals surface area contributed by atoms with Gasteiger partial charge in [0.15, 0.2) is 5.65 Å². The molecule has 0 spiro atoms. The van der Waals surface area contributed by atoms with E-state index in [2.05, 4.69) is 20.4 Å². The summed E-state index contributed by atoms with van der Waals surface area (Å²) in [6, 6.07) is 11.0. The number of rotatable bonds is 4. The second kappa shape index (κ2) is 7.44. The van der Waals surface area contributed by atoms with Gasteiger partial charge in [-0.3, -0.25) is 9.20 Å². The van der Waals surface area contributed by atoms with Crippen molar-refractivity contribution in [3.8, 4) is 5.75 Å². The molecule has 1 aromatic carbocycles. The average Bonchev–Trinajstić information content (AvgIpc) is 3.11. The molecule has 27 heavy (non-hydrogen) atoms. The van der Waals surface area contributed by atoms with Gasteiger partial charge in [0.05, 0.1) is 18.1 Å². The molecule has 0 unspecified atom stereocenters. The summed E-state index contributed by atoms with van der Waals surface area (Å²) in [5.74, 6) is 1.30. The largest absolute Gasteiger partial charge is 0.497 e. The summed E-state index contributed by atoms with van der Waals surface area (Å²) in [6.07, 6.45) is 3.54. The van der Waals surface area contributed by atoms with Gasteiger partial charge < -0.3 is 15.0 Å². The molecule has 4 rings (SSSR count). The summed E-state index contributed by atoms with van der Waals surface area (Å²) in [7, 11) is 1.61. The van der Waals surface area contributed by atoms with Gasteiger partial charge in [-0.1, -0.05) is 17.7 Å². The number of methoxy groups -OCH3 is 1.